The van der Waals surface area contributed by atoms with E-state index >= 15 is 0 Å². The lowest BCUT2D eigenvalue weighted by molar-refractivity contribution is -0.146. The molecule has 2 aliphatic rings. The van der Waals surface area contributed by atoms with Crippen LogP contribution in [0.3, 0.4) is 0 Å². The highest BCUT2D eigenvalue weighted by Crippen LogP contribution is 2.39. The third-order valence-electron chi connectivity index (χ3n) is 4.17. The Kier molecular flexibility index (Phi) is 4.59. The van der Waals surface area contributed by atoms with Crippen LogP contribution in [0.2, 0.25) is 0 Å². The van der Waals surface area contributed by atoms with E-state index in [1.165, 1.54) is 6.42 Å². The first-order chi connectivity index (χ1) is 8.55. The Morgan fingerprint density at radius 2 is 2.22 bits per heavy atom. The third-order valence-corrected chi connectivity index (χ3v) is 5.76. The van der Waals surface area contributed by atoms with Gasteiger partial charge in [-0.3, -0.25) is 10.1 Å². The second kappa shape index (κ2) is 5.83. The van der Waals surface area contributed by atoms with Gasteiger partial charge in [-0.2, -0.15) is 11.8 Å². The molecule has 0 aromatic rings. The lowest BCUT2D eigenvalue weighted by Gasteiger charge is -2.39. The summed E-state index contributed by atoms with van der Waals surface area (Å²) in [7, 11) is 0. The number of carbonyl (C=O) groups is 1. The number of thioether (sulfide) groups is 1. The van der Waals surface area contributed by atoms with Gasteiger partial charge in [0.2, 0.25) is 0 Å². The minimum atomic E-state index is -0.635. The van der Waals surface area contributed by atoms with Gasteiger partial charge in [0, 0.05) is 16.5 Å². The van der Waals surface area contributed by atoms with Crippen LogP contribution in [0.1, 0.15) is 58.8 Å². The van der Waals surface area contributed by atoms with Crippen molar-refractivity contribution in [3.8, 4) is 0 Å². The quantitative estimate of drug-likeness (QED) is 0.779. The molecule has 0 radical (unpaired) electrons. The van der Waals surface area contributed by atoms with Gasteiger partial charge in [-0.25, -0.2) is 0 Å². The van der Waals surface area contributed by atoms with Crippen molar-refractivity contribution in [1.82, 2.24) is 5.32 Å². The van der Waals surface area contributed by atoms with Gasteiger partial charge in [-0.05, 0) is 44.9 Å². The van der Waals surface area contributed by atoms with Crippen LogP contribution in [0.4, 0.5) is 0 Å². The maximum Gasteiger partial charge on any atom is 0.323 e. The van der Waals surface area contributed by atoms with E-state index in [1.807, 2.05) is 11.8 Å². The Bertz CT molecular complexity index is 306. The molecule has 0 saturated heterocycles. The third kappa shape index (κ3) is 3.41. The fourth-order valence-electron chi connectivity index (χ4n) is 2.77. The molecule has 0 aromatic carbocycles. The van der Waals surface area contributed by atoms with Crippen LogP contribution in [0.15, 0.2) is 0 Å². The van der Waals surface area contributed by atoms with Crippen LogP contribution >= 0.6 is 11.8 Å². The predicted molar refractivity (Wildman–Crippen MR) is 76.1 cm³/mol. The molecule has 2 aliphatic carbocycles. The first kappa shape index (κ1) is 14.2. The molecule has 3 atom stereocenters. The Morgan fingerprint density at radius 3 is 2.78 bits per heavy atom. The standard InChI is InChI=1S/C14H25NO2S/c1-3-10(2)18-12-5-4-8-14(9-12,13(16)17)15-11-6-7-11/h10-12,15H,3-9H2,1-2H3,(H,16,17). The van der Waals surface area contributed by atoms with Crippen molar-refractivity contribution >= 4 is 17.7 Å². The van der Waals surface area contributed by atoms with Crippen molar-refractivity contribution < 1.29 is 9.90 Å². The smallest absolute Gasteiger partial charge is 0.323 e. The summed E-state index contributed by atoms with van der Waals surface area (Å²) in [6.07, 6.45) is 7.29. The van der Waals surface area contributed by atoms with E-state index in [1.54, 1.807) is 0 Å². The summed E-state index contributed by atoms with van der Waals surface area (Å²) in [5.41, 5.74) is -0.634. The average molecular weight is 271 g/mol. The summed E-state index contributed by atoms with van der Waals surface area (Å²) in [5.74, 6) is -0.635. The van der Waals surface area contributed by atoms with Crippen molar-refractivity contribution in [2.45, 2.75) is 80.9 Å². The SMILES string of the molecule is CCC(C)SC1CCCC(NC2CC2)(C(=O)O)C1. The molecule has 0 amide bonds. The van der Waals surface area contributed by atoms with Crippen molar-refractivity contribution in [3.05, 3.63) is 0 Å². The molecular weight excluding hydrogens is 246 g/mol. The number of nitrogens with one attached hydrogen (secondary N) is 1. The largest absolute Gasteiger partial charge is 0.480 e. The first-order valence-electron chi connectivity index (χ1n) is 7.22. The number of hydrogen-bond acceptors (Lipinski definition) is 3. The minimum Gasteiger partial charge on any atom is -0.480 e. The van der Waals surface area contributed by atoms with E-state index in [4.69, 9.17) is 0 Å². The maximum absolute atomic E-state index is 11.7. The highest BCUT2D eigenvalue weighted by molar-refractivity contribution is 8.00. The number of carboxylic acid groups (broad SMARTS) is 1. The summed E-state index contributed by atoms with van der Waals surface area (Å²) in [6.45, 7) is 4.45. The molecular formula is C14H25NO2S. The van der Waals surface area contributed by atoms with E-state index in [9.17, 15) is 9.90 Å². The van der Waals surface area contributed by atoms with Crippen LogP contribution in [0, 0.1) is 0 Å². The van der Waals surface area contributed by atoms with Crippen LogP contribution in [-0.2, 0) is 4.79 Å². The summed E-state index contributed by atoms with van der Waals surface area (Å²) >= 11 is 1.98. The van der Waals surface area contributed by atoms with Crippen molar-refractivity contribution in [2.24, 2.45) is 0 Å². The van der Waals surface area contributed by atoms with E-state index in [0.717, 1.165) is 38.5 Å². The number of rotatable bonds is 6. The highest BCUT2D eigenvalue weighted by atomic mass is 32.2. The van der Waals surface area contributed by atoms with Crippen molar-refractivity contribution in [1.29, 1.82) is 0 Å². The van der Waals surface area contributed by atoms with E-state index in [0.29, 0.717) is 16.5 Å². The highest BCUT2D eigenvalue weighted by Gasteiger charge is 2.46. The molecule has 2 rings (SSSR count). The molecule has 0 heterocycles. The van der Waals surface area contributed by atoms with Gasteiger partial charge >= 0.3 is 5.97 Å². The minimum absolute atomic E-state index is 0.466. The predicted octanol–water partition coefficient (Wildman–Crippen LogP) is 3.04. The second-order valence-electron chi connectivity index (χ2n) is 5.88. The van der Waals surface area contributed by atoms with Gasteiger partial charge in [-0.15, -0.1) is 0 Å². The molecule has 0 aromatic heterocycles. The Morgan fingerprint density at radius 1 is 1.50 bits per heavy atom. The molecule has 0 spiro atoms. The van der Waals surface area contributed by atoms with Gasteiger partial charge in [0.1, 0.15) is 5.54 Å². The zero-order valence-corrected chi connectivity index (χ0v) is 12.3. The summed E-state index contributed by atoms with van der Waals surface area (Å²) < 4.78 is 0. The van der Waals surface area contributed by atoms with E-state index in [2.05, 4.69) is 19.2 Å². The average Bonchev–Trinajstić information content (AvgIpc) is 3.13. The summed E-state index contributed by atoms with van der Waals surface area (Å²) in [4.78, 5) is 11.7. The Hall–Kier alpha value is -0.220. The normalized spacial score (nSPS) is 34.2. The summed E-state index contributed by atoms with van der Waals surface area (Å²) in [5, 5.41) is 14.2. The van der Waals surface area contributed by atoms with Gasteiger partial charge in [0.05, 0.1) is 0 Å². The van der Waals surface area contributed by atoms with Crippen molar-refractivity contribution in [3.63, 3.8) is 0 Å². The molecule has 18 heavy (non-hydrogen) atoms. The Labute approximate surface area is 114 Å². The molecule has 3 nitrogen and oxygen atoms in total. The zero-order chi connectivity index (χ0) is 13.2. The molecule has 2 fully saturated rings. The monoisotopic (exact) mass is 271 g/mol. The van der Waals surface area contributed by atoms with Crippen molar-refractivity contribution in [2.75, 3.05) is 0 Å². The lowest BCUT2D eigenvalue weighted by atomic mass is 9.81. The van der Waals surface area contributed by atoms with Gasteiger partial charge in [-0.1, -0.05) is 13.8 Å². The molecule has 3 unspecified atom stereocenters. The van der Waals surface area contributed by atoms with Gasteiger partial charge in [0.25, 0.3) is 0 Å². The maximum atomic E-state index is 11.7. The molecule has 0 aliphatic heterocycles. The van der Waals surface area contributed by atoms with Gasteiger partial charge < -0.3 is 5.11 Å². The topological polar surface area (TPSA) is 49.3 Å². The van der Waals surface area contributed by atoms with Crippen LogP contribution < -0.4 is 5.32 Å². The molecule has 4 heteroatoms. The van der Waals surface area contributed by atoms with E-state index in [-0.39, 0.29) is 0 Å². The fraction of sp³-hybridized carbons (Fsp3) is 0.929. The molecule has 2 saturated carbocycles. The second-order valence-corrected chi connectivity index (χ2v) is 7.62. The van der Waals surface area contributed by atoms with E-state index < -0.39 is 11.5 Å². The van der Waals surface area contributed by atoms with Gasteiger partial charge in [0.15, 0.2) is 0 Å². The molecule has 0 bridgehead atoms. The Balaban J connectivity index is 1.98. The lowest BCUT2D eigenvalue weighted by Crippen LogP contribution is -2.56. The fourth-order valence-corrected chi connectivity index (χ4v) is 4.30. The number of aliphatic carboxylic acids is 1. The number of hydrogen-bond donors (Lipinski definition) is 2. The zero-order valence-electron chi connectivity index (χ0n) is 11.4. The van der Waals surface area contributed by atoms with Crippen LogP contribution in [0.25, 0.3) is 0 Å². The summed E-state index contributed by atoms with van der Waals surface area (Å²) in [6, 6.07) is 0.466. The first-order valence-corrected chi connectivity index (χ1v) is 8.16. The molecule has 104 valence electrons. The molecule has 2 N–H and O–H groups in total. The van der Waals surface area contributed by atoms with Crippen LogP contribution in [-0.4, -0.2) is 33.2 Å². The van der Waals surface area contributed by atoms with Crippen LogP contribution in [0.5, 0.6) is 0 Å². The number of carboxylic acids is 1.